The molecular formula is C17H18N4O2S. The monoisotopic (exact) mass is 342 g/mol. The van der Waals surface area contributed by atoms with Crippen LogP contribution in [-0.2, 0) is 9.59 Å². The highest BCUT2D eigenvalue weighted by Crippen LogP contribution is 2.29. The van der Waals surface area contributed by atoms with Crippen LogP contribution in [0.5, 0.6) is 0 Å². The molecule has 1 aromatic rings. The summed E-state index contributed by atoms with van der Waals surface area (Å²) in [6, 6.07) is 9.50. The largest absolute Gasteiger partial charge is 0.350 e. The van der Waals surface area contributed by atoms with Gasteiger partial charge in [-0.25, -0.2) is 0 Å². The van der Waals surface area contributed by atoms with E-state index in [2.05, 4.69) is 15.2 Å². The van der Waals surface area contributed by atoms with Crippen LogP contribution in [0.1, 0.15) is 6.42 Å². The number of carbonyl (C=O) groups excluding carboxylic acids is 2. The summed E-state index contributed by atoms with van der Waals surface area (Å²) in [7, 11) is 0. The standard InChI is InChI=1S/C17H18N4O2S/c22-15(19-10-13-11-24-17-18-7-9-21(13)17)14-6-8-20(16(14)23)12-4-2-1-3-5-12/h1-5,11,14H,6-10H2,(H,19,22)/t14-/m1/s1. The average Bonchev–Trinajstić information content (AvgIpc) is 3.29. The van der Waals surface area contributed by atoms with Crippen LogP contribution in [-0.4, -0.2) is 48.1 Å². The molecule has 3 aliphatic heterocycles. The maximum Gasteiger partial charge on any atom is 0.239 e. The Hall–Kier alpha value is -2.28. The van der Waals surface area contributed by atoms with Gasteiger partial charge in [-0.3, -0.25) is 14.6 Å². The molecule has 0 unspecified atom stereocenters. The molecule has 4 rings (SSSR count). The molecule has 1 fully saturated rings. The molecule has 3 aliphatic rings. The van der Waals surface area contributed by atoms with E-state index in [1.165, 1.54) is 0 Å². The number of nitrogens with zero attached hydrogens (tertiary/aromatic N) is 3. The summed E-state index contributed by atoms with van der Waals surface area (Å²) in [5.41, 5.74) is 1.90. The van der Waals surface area contributed by atoms with Crippen molar-refractivity contribution in [1.29, 1.82) is 0 Å². The molecule has 0 radical (unpaired) electrons. The number of carbonyl (C=O) groups is 2. The van der Waals surface area contributed by atoms with Crippen molar-refractivity contribution in [1.82, 2.24) is 10.2 Å². The zero-order valence-electron chi connectivity index (χ0n) is 13.1. The van der Waals surface area contributed by atoms with Gasteiger partial charge in [-0.15, -0.1) is 0 Å². The van der Waals surface area contributed by atoms with E-state index < -0.39 is 5.92 Å². The molecule has 0 saturated carbocycles. The summed E-state index contributed by atoms with van der Waals surface area (Å²) in [6.45, 7) is 2.71. The molecule has 24 heavy (non-hydrogen) atoms. The molecule has 1 atom stereocenters. The van der Waals surface area contributed by atoms with Gasteiger partial charge in [-0.1, -0.05) is 30.0 Å². The summed E-state index contributed by atoms with van der Waals surface area (Å²) < 4.78 is 0. The first-order valence-corrected chi connectivity index (χ1v) is 8.94. The average molecular weight is 342 g/mol. The molecule has 3 heterocycles. The highest BCUT2D eigenvalue weighted by Gasteiger charge is 2.37. The first kappa shape index (κ1) is 15.3. The molecule has 0 spiro atoms. The van der Waals surface area contributed by atoms with Gasteiger partial charge in [0.05, 0.1) is 13.1 Å². The number of para-hydroxylation sites is 1. The van der Waals surface area contributed by atoms with Crippen LogP contribution in [0.2, 0.25) is 0 Å². The number of fused-ring (bicyclic) bond motifs is 1. The second-order valence-electron chi connectivity index (χ2n) is 5.93. The van der Waals surface area contributed by atoms with E-state index in [0.717, 1.165) is 29.6 Å². The smallest absolute Gasteiger partial charge is 0.239 e. The van der Waals surface area contributed by atoms with E-state index in [-0.39, 0.29) is 11.8 Å². The highest BCUT2D eigenvalue weighted by molar-refractivity contribution is 8.16. The number of amides is 2. The van der Waals surface area contributed by atoms with Gasteiger partial charge >= 0.3 is 0 Å². The number of thioether (sulfide) groups is 1. The molecule has 124 valence electrons. The number of hydrogen-bond acceptors (Lipinski definition) is 5. The summed E-state index contributed by atoms with van der Waals surface area (Å²) in [6.07, 6.45) is 0.559. The van der Waals surface area contributed by atoms with E-state index >= 15 is 0 Å². The third-order valence-electron chi connectivity index (χ3n) is 4.48. The predicted molar refractivity (Wildman–Crippen MR) is 94.6 cm³/mol. The van der Waals surface area contributed by atoms with Gasteiger partial charge in [0.15, 0.2) is 5.17 Å². The molecule has 6 nitrogen and oxygen atoms in total. The van der Waals surface area contributed by atoms with Crippen LogP contribution in [0.3, 0.4) is 0 Å². The van der Waals surface area contributed by atoms with Crippen LogP contribution >= 0.6 is 11.8 Å². The summed E-state index contributed by atoms with van der Waals surface area (Å²) in [5, 5.41) is 5.94. The minimum Gasteiger partial charge on any atom is -0.350 e. The predicted octanol–water partition coefficient (Wildman–Crippen LogP) is 1.42. The number of nitrogens with one attached hydrogen (secondary N) is 1. The van der Waals surface area contributed by atoms with Crippen molar-refractivity contribution in [3.63, 3.8) is 0 Å². The quantitative estimate of drug-likeness (QED) is 0.841. The minimum atomic E-state index is -0.591. The van der Waals surface area contributed by atoms with Gasteiger partial charge in [0.2, 0.25) is 11.8 Å². The van der Waals surface area contributed by atoms with Crippen molar-refractivity contribution in [2.45, 2.75) is 6.42 Å². The molecule has 2 amide bonds. The molecule has 1 aromatic carbocycles. The lowest BCUT2D eigenvalue weighted by molar-refractivity contribution is -0.132. The summed E-state index contributed by atoms with van der Waals surface area (Å²) >= 11 is 1.59. The fourth-order valence-electron chi connectivity index (χ4n) is 3.20. The SMILES string of the molecule is O=C(NCC1=CSC2=NCCN12)[C@H]1CCN(c2ccccc2)C1=O. The first-order valence-electron chi connectivity index (χ1n) is 8.06. The Balaban J connectivity index is 1.36. The lowest BCUT2D eigenvalue weighted by Gasteiger charge is -2.18. The third-order valence-corrected chi connectivity index (χ3v) is 5.43. The number of amidine groups is 1. The van der Waals surface area contributed by atoms with Crippen molar-refractivity contribution < 1.29 is 9.59 Å². The Labute approximate surface area is 144 Å². The lowest BCUT2D eigenvalue weighted by Crippen LogP contribution is -2.39. The van der Waals surface area contributed by atoms with E-state index in [0.29, 0.717) is 19.5 Å². The van der Waals surface area contributed by atoms with Gasteiger partial charge in [0, 0.05) is 29.9 Å². The first-order chi connectivity index (χ1) is 11.7. The van der Waals surface area contributed by atoms with Crippen molar-refractivity contribution in [3.8, 4) is 0 Å². The highest BCUT2D eigenvalue weighted by atomic mass is 32.2. The zero-order chi connectivity index (χ0) is 16.5. The molecule has 0 bridgehead atoms. The number of anilines is 1. The fraction of sp³-hybridized carbons (Fsp3) is 0.353. The molecular weight excluding hydrogens is 324 g/mol. The fourth-order valence-corrected chi connectivity index (χ4v) is 4.16. The van der Waals surface area contributed by atoms with Crippen LogP contribution < -0.4 is 10.2 Å². The van der Waals surface area contributed by atoms with Crippen molar-refractivity contribution in [2.75, 3.05) is 31.1 Å². The minimum absolute atomic E-state index is 0.114. The molecule has 1 saturated heterocycles. The Morgan fingerprint density at radius 2 is 2.08 bits per heavy atom. The molecule has 1 N–H and O–H groups in total. The van der Waals surface area contributed by atoms with E-state index in [1.54, 1.807) is 16.7 Å². The second-order valence-corrected chi connectivity index (χ2v) is 6.76. The number of rotatable bonds is 4. The van der Waals surface area contributed by atoms with Crippen LogP contribution in [0.4, 0.5) is 5.69 Å². The Bertz CT molecular complexity index is 731. The lowest BCUT2D eigenvalue weighted by atomic mass is 10.1. The maximum atomic E-state index is 12.5. The normalized spacial score (nSPS) is 22.5. The van der Waals surface area contributed by atoms with Gasteiger partial charge in [0.25, 0.3) is 0 Å². The maximum absolute atomic E-state index is 12.5. The second kappa shape index (κ2) is 6.32. The Morgan fingerprint density at radius 3 is 2.92 bits per heavy atom. The van der Waals surface area contributed by atoms with E-state index in [1.807, 2.05) is 35.7 Å². The topological polar surface area (TPSA) is 65.0 Å². The van der Waals surface area contributed by atoms with Gasteiger partial charge < -0.3 is 15.1 Å². The van der Waals surface area contributed by atoms with E-state index in [9.17, 15) is 9.59 Å². The van der Waals surface area contributed by atoms with Crippen LogP contribution in [0.15, 0.2) is 46.4 Å². The molecule has 7 heteroatoms. The number of hydrogen-bond donors (Lipinski definition) is 1. The van der Waals surface area contributed by atoms with Crippen molar-refractivity contribution >= 4 is 34.4 Å². The van der Waals surface area contributed by atoms with Gasteiger partial charge in [-0.2, -0.15) is 0 Å². The molecule has 0 aromatic heterocycles. The molecule has 0 aliphatic carbocycles. The Kier molecular flexibility index (Phi) is 4.02. The zero-order valence-corrected chi connectivity index (χ0v) is 14.0. The van der Waals surface area contributed by atoms with Crippen molar-refractivity contribution in [2.24, 2.45) is 10.9 Å². The summed E-state index contributed by atoms with van der Waals surface area (Å²) in [5.74, 6) is -0.891. The van der Waals surface area contributed by atoms with Crippen LogP contribution in [0.25, 0.3) is 0 Å². The van der Waals surface area contributed by atoms with Crippen molar-refractivity contribution in [3.05, 3.63) is 41.4 Å². The number of aliphatic imine (C=N–C) groups is 1. The van der Waals surface area contributed by atoms with Gasteiger partial charge in [-0.05, 0) is 18.6 Å². The van der Waals surface area contributed by atoms with Crippen LogP contribution in [0, 0.1) is 5.92 Å². The summed E-state index contributed by atoms with van der Waals surface area (Å²) in [4.78, 5) is 33.2. The number of benzene rings is 1. The Morgan fingerprint density at radius 1 is 1.25 bits per heavy atom. The third kappa shape index (κ3) is 2.69. The van der Waals surface area contributed by atoms with E-state index in [4.69, 9.17) is 0 Å². The van der Waals surface area contributed by atoms with Gasteiger partial charge in [0.1, 0.15) is 5.92 Å².